The van der Waals surface area contributed by atoms with Gasteiger partial charge < -0.3 is 9.64 Å². The Labute approximate surface area is 99.2 Å². The Morgan fingerprint density at radius 1 is 1.69 bits per heavy atom. The molecular weight excluding hydrogens is 224 g/mol. The molecule has 5 heteroatoms. The van der Waals surface area contributed by atoms with Crippen molar-refractivity contribution in [1.29, 1.82) is 0 Å². The van der Waals surface area contributed by atoms with E-state index in [0.29, 0.717) is 10.9 Å². The van der Waals surface area contributed by atoms with E-state index in [1.807, 2.05) is 7.05 Å². The van der Waals surface area contributed by atoms with Crippen LogP contribution < -0.4 is 4.90 Å². The SMILES string of the molecule is COC(=O)c1cnc(N(C)C(C)C2CC2)s1. The van der Waals surface area contributed by atoms with Gasteiger partial charge in [0.2, 0.25) is 0 Å². The van der Waals surface area contributed by atoms with Gasteiger partial charge in [-0.3, -0.25) is 0 Å². The zero-order valence-electron chi connectivity index (χ0n) is 9.77. The highest BCUT2D eigenvalue weighted by atomic mass is 32.1. The molecule has 1 aromatic heterocycles. The van der Waals surface area contributed by atoms with Crippen molar-refractivity contribution in [2.75, 3.05) is 19.1 Å². The Morgan fingerprint density at radius 3 is 2.94 bits per heavy atom. The van der Waals surface area contributed by atoms with E-state index in [0.717, 1.165) is 11.0 Å². The predicted molar refractivity (Wildman–Crippen MR) is 64.0 cm³/mol. The molecule has 0 saturated heterocycles. The molecule has 4 nitrogen and oxygen atoms in total. The standard InChI is InChI=1S/C11H16N2O2S/c1-7(8-4-5-8)13(2)11-12-6-9(16-11)10(14)15-3/h6-8H,4-5H2,1-3H3. The first-order chi connectivity index (χ1) is 7.63. The minimum absolute atomic E-state index is 0.309. The van der Waals surface area contributed by atoms with E-state index in [-0.39, 0.29) is 5.97 Å². The minimum Gasteiger partial charge on any atom is -0.465 e. The van der Waals surface area contributed by atoms with Crippen molar-refractivity contribution in [3.63, 3.8) is 0 Å². The fraction of sp³-hybridized carbons (Fsp3) is 0.636. The third kappa shape index (κ3) is 2.19. The van der Waals surface area contributed by atoms with Gasteiger partial charge in [-0.05, 0) is 25.7 Å². The monoisotopic (exact) mass is 240 g/mol. The number of nitrogens with zero attached hydrogens (tertiary/aromatic N) is 2. The van der Waals surface area contributed by atoms with Gasteiger partial charge in [0.1, 0.15) is 4.88 Å². The van der Waals surface area contributed by atoms with Gasteiger partial charge in [-0.1, -0.05) is 11.3 Å². The molecule has 1 aliphatic rings. The summed E-state index contributed by atoms with van der Waals surface area (Å²) in [6, 6.07) is 0.497. The van der Waals surface area contributed by atoms with E-state index in [4.69, 9.17) is 0 Å². The maximum atomic E-state index is 11.3. The number of carbonyl (C=O) groups excluding carboxylic acids is 1. The van der Waals surface area contributed by atoms with Crippen molar-refractivity contribution in [2.24, 2.45) is 5.92 Å². The Kier molecular flexibility index (Phi) is 3.14. The van der Waals surface area contributed by atoms with Gasteiger partial charge in [0.05, 0.1) is 13.3 Å². The van der Waals surface area contributed by atoms with Crippen molar-refractivity contribution in [1.82, 2.24) is 4.98 Å². The number of esters is 1. The minimum atomic E-state index is -0.309. The highest BCUT2D eigenvalue weighted by molar-refractivity contribution is 7.17. The fourth-order valence-corrected chi connectivity index (χ4v) is 2.58. The number of thiazole rings is 1. The van der Waals surface area contributed by atoms with Crippen LogP contribution in [0.5, 0.6) is 0 Å². The summed E-state index contributed by atoms with van der Waals surface area (Å²) in [6.07, 6.45) is 4.20. The molecule has 0 amide bonds. The first kappa shape index (κ1) is 11.4. The van der Waals surface area contributed by atoms with E-state index >= 15 is 0 Å². The second-order valence-corrected chi connectivity index (χ2v) is 5.20. The molecule has 0 aromatic carbocycles. The van der Waals surface area contributed by atoms with Gasteiger partial charge in [0.25, 0.3) is 0 Å². The summed E-state index contributed by atoms with van der Waals surface area (Å²) >= 11 is 1.39. The van der Waals surface area contributed by atoms with Crippen LogP contribution in [0.4, 0.5) is 5.13 Å². The molecule has 0 spiro atoms. The molecule has 16 heavy (non-hydrogen) atoms. The molecule has 0 bridgehead atoms. The lowest BCUT2D eigenvalue weighted by molar-refractivity contribution is 0.0606. The normalized spacial score (nSPS) is 16.9. The van der Waals surface area contributed by atoms with Crippen molar-refractivity contribution >= 4 is 22.4 Å². The van der Waals surface area contributed by atoms with E-state index in [1.54, 1.807) is 6.20 Å². The van der Waals surface area contributed by atoms with Crippen molar-refractivity contribution in [2.45, 2.75) is 25.8 Å². The summed E-state index contributed by atoms with van der Waals surface area (Å²) in [6.45, 7) is 2.21. The quantitative estimate of drug-likeness (QED) is 0.756. The molecule has 0 N–H and O–H groups in total. The molecule has 88 valence electrons. The smallest absolute Gasteiger partial charge is 0.349 e. The van der Waals surface area contributed by atoms with Crippen LogP contribution >= 0.6 is 11.3 Å². The molecule has 2 rings (SSSR count). The van der Waals surface area contributed by atoms with Gasteiger partial charge in [0, 0.05) is 13.1 Å². The maximum absolute atomic E-state index is 11.3. The van der Waals surface area contributed by atoms with Crippen LogP contribution in [-0.4, -0.2) is 31.2 Å². The van der Waals surface area contributed by atoms with Crippen LogP contribution in [0, 0.1) is 5.92 Å². The maximum Gasteiger partial charge on any atom is 0.349 e. The predicted octanol–water partition coefficient (Wildman–Crippen LogP) is 2.16. The molecular formula is C11H16N2O2S. The number of ether oxygens (including phenoxy) is 1. The third-order valence-corrected chi connectivity index (χ3v) is 4.16. The van der Waals surface area contributed by atoms with Crippen LogP contribution in [-0.2, 0) is 4.74 Å². The zero-order chi connectivity index (χ0) is 11.7. The van der Waals surface area contributed by atoms with Crippen molar-refractivity contribution in [3.8, 4) is 0 Å². The molecule has 1 saturated carbocycles. The molecule has 1 fully saturated rings. The number of aromatic nitrogens is 1. The first-order valence-electron chi connectivity index (χ1n) is 5.40. The van der Waals surface area contributed by atoms with Gasteiger partial charge in [-0.15, -0.1) is 0 Å². The van der Waals surface area contributed by atoms with E-state index in [1.165, 1.54) is 31.3 Å². The second kappa shape index (κ2) is 4.41. The molecule has 1 aliphatic carbocycles. The Balaban J connectivity index is 2.08. The first-order valence-corrected chi connectivity index (χ1v) is 6.22. The van der Waals surface area contributed by atoms with E-state index in [2.05, 4.69) is 21.5 Å². The van der Waals surface area contributed by atoms with Crippen LogP contribution in [0.15, 0.2) is 6.20 Å². The molecule has 0 aliphatic heterocycles. The summed E-state index contributed by atoms with van der Waals surface area (Å²) in [4.78, 5) is 18.3. The molecule has 1 atom stereocenters. The van der Waals surface area contributed by atoms with Gasteiger partial charge in [-0.2, -0.15) is 0 Å². The summed E-state index contributed by atoms with van der Waals surface area (Å²) < 4.78 is 4.66. The van der Waals surface area contributed by atoms with Gasteiger partial charge in [-0.25, -0.2) is 9.78 Å². The van der Waals surface area contributed by atoms with Crippen molar-refractivity contribution in [3.05, 3.63) is 11.1 Å². The van der Waals surface area contributed by atoms with E-state index in [9.17, 15) is 4.79 Å². The lowest BCUT2D eigenvalue weighted by atomic mass is 10.2. The molecule has 1 aromatic rings. The highest BCUT2D eigenvalue weighted by Gasteiger charge is 2.31. The third-order valence-electron chi connectivity index (χ3n) is 3.10. The topological polar surface area (TPSA) is 42.4 Å². The van der Waals surface area contributed by atoms with Gasteiger partial charge in [0.15, 0.2) is 5.13 Å². The number of hydrogen-bond donors (Lipinski definition) is 0. The Bertz CT molecular complexity index is 387. The van der Waals surface area contributed by atoms with Crippen LogP contribution in [0.25, 0.3) is 0 Å². The fourth-order valence-electron chi connectivity index (χ4n) is 1.69. The Morgan fingerprint density at radius 2 is 2.38 bits per heavy atom. The van der Waals surface area contributed by atoms with Crippen LogP contribution in [0.1, 0.15) is 29.4 Å². The summed E-state index contributed by atoms with van der Waals surface area (Å²) in [5.41, 5.74) is 0. The number of rotatable bonds is 4. The number of hydrogen-bond acceptors (Lipinski definition) is 5. The number of anilines is 1. The van der Waals surface area contributed by atoms with Crippen LogP contribution in [0.3, 0.4) is 0 Å². The Hall–Kier alpha value is -1.10. The van der Waals surface area contributed by atoms with Crippen LogP contribution in [0.2, 0.25) is 0 Å². The highest BCUT2D eigenvalue weighted by Crippen LogP contribution is 2.37. The lowest BCUT2D eigenvalue weighted by Gasteiger charge is -2.23. The largest absolute Gasteiger partial charge is 0.465 e. The van der Waals surface area contributed by atoms with E-state index < -0.39 is 0 Å². The molecule has 1 heterocycles. The zero-order valence-corrected chi connectivity index (χ0v) is 10.6. The summed E-state index contributed by atoms with van der Waals surface area (Å²) in [7, 11) is 3.42. The molecule has 0 radical (unpaired) electrons. The molecule has 1 unspecified atom stereocenters. The average molecular weight is 240 g/mol. The second-order valence-electron chi connectivity index (χ2n) is 4.19. The summed E-state index contributed by atoms with van der Waals surface area (Å²) in [5, 5.41) is 0.889. The van der Waals surface area contributed by atoms with Gasteiger partial charge >= 0.3 is 5.97 Å². The van der Waals surface area contributed by atoms with Crippen molar-refractivity contribution < 1.29 is 9.53 Å². The lowest BCUT2D eigenvalue weighted by Crippen LogP contribution is -2.30. The number of methoxy groups -OCH3 is 1. The average Bonchev–Trinajstić information content (AvgIpc) is 3.03. The summed E-state index contributed by atoms with van der Waals surface area (Å²) in [5.74, 6) is 0.478. The number of carbonyl (C=O) groups is 1.